The molecule has 0 saturated carbocycles. The van der Waals surface area contributed by atoms with E-state index in [9.17, 15) is 8.78 Å². The molecule has 0 amide bonds. The molecule has 0 aromatic heterocycles. The van der Waals surface area contributed by atoms with Crippen molar-refractivity contribution in [2.75, 3.05) is 7.11 Å². The van der Waals surface area contributed by atoms with Gasteiger partial charge in [-0.05, 0) is 23.6 Å². The van der Waals surface area contributed by atoms with Crippen molar-refractivity contribution in [2.24, 2.45) is 0 Å². The van der Waals surface area contributed by atoms with E-state index in [0.29, 0.717) is 12.2 Å². The predicted octanol–water partition coefficient (Wildman–Crippen LogP) is 2.54. The number of hydrogen-bond acceptors (Lipinski definition) is 1. The van der Waals surface area contributed by atoms with Crippen molar-refractivity contribution in [1.29, 1.82) is 0 Å². The highest BCUT2D eigenvalue weighted by molar-refractivity contribution is 5.56. The third-order valence-electron chi connectivity index (χ3n) is 2.09. The van der Waals surface area contributed by atoms with E-state index in [1.54, 1.807) is 6.07 Å². The first-order chi connectivity index (χ1) is 5.74. The minimum absolute atomic E-state index is 0.0787. The molecule has 0 spiro atoms. The number of methoxy groups -OCH3 is 1. The van der Waals surface area contributed by atoms with Gasteiger partial charge in [0.15, 0.2) is 0 Å². The van der Waals surface area contributed by atoms with Crippen LogP contribution in [0.4, 0.5) is 8.78 Å². The lowest BCUT2D eigenvalue weighted by Gasteiger charge is -2.05. The summed E-state index contributed by atoms with van der Waals surface area (Å²) in [5, 5.41) is 0. The normalized spacial score (nSPS) is 13.0. The molecule has 3 heteroatoms. The van der Waals surface area contributed by atoms with Gasteiger partial charge in [0.1, 0.15) is 5.75 Å². The molecule has 0 saturated heterocycles. The van der Waals surface area contributed by atoms with E-state index in [2.05, 4.69) is 0 Å². The molecule has 12 heavy (non-hydrogen) atoms. The first-order valence-electron chi connectivity index (χ1n) is 3.71. The van der Waals surface area contributed by atoms with Crippen LogP contribution in [0.2, 0.25) is 0 Å². The van der Waals surface area contributed by atoms with Gasteiger partial charge in [-0.1, -0.05) is 6.07 Å². The fraction of sp³-hybridized carbons (Fsp3) is 0.333. The zero-order valence-corrected chi connectivity index (χ0v) is 6.60. The van der Waals surface area contributed by atoms with Crippen LogP contribution in [0, 0.1) is 0 Å². The Morgan fingerprint density at radius 2 is 2.17 bits per heavy atom. The van der Waals surface area contributed by atoms with Crippen molar-refractivity contribution in [3.63, 3.8) is 0 Å². The lowest BCUT2D eigenvalue weighted by molar-refractivity contribution is 0.147. The second kappa shape index (κ2) is 2.44. The largest absolute Gasteiger partial charge is 0.496 e. The molecule has 1 aliphatic carbocycles. The Labute approximate surface area is 69.0 Å². The molecule has 0 fully saturated rings. The molecule has 1 aromatic carbocycles. The van der Waals surface area contributed by atoms with Crippen molar-refractivity contribution < 1.29 is 13.5 Å². The van der Waals surface area contributed by atoms with Crippen LogP contribution in [0.1, 0.15) is 23.1 Å². The van der Waals surface area contributed by atoms with Gasteiger partial charge in [-0.15, -0.1) is 0 Å². The highest BCUT2D eigenvalue weighted by Gasteiger charge is 2.28. The smallest absolute Gasteiger partial charge is 0.267 e. The summed E-state index contributed by atoms with van der Waals surface area (Å²) in [5.41, 5.74) is 1.87. The molecule has 64 valence electrons. The Bertz CT molecular complexity index is 321. The molecule has 0 aliphatic heterocycles. The van der Waals surface area contributed by atoms with Gasteiger partial charge < -0.3 is 4.74 Å². The number of benzene rings is 1. The Kier molecular flexibility index (Phi) is 1.53. The van der Waals surface area contributed by atoms with Gasteiger partial charge in [-0.25, -0.2) is 8.78 Å². The molecule has 1 aromatic rings. The van der Waals surface area contributed by atoms with Gasteiger partial charge in [0.2, 0.25) is 0 Å². The van der Waals surface area contributed by atoms with E-state index in [1.807, 2.05) is 6.07 Å². The predicted molar refractivity (Wildman–Crippen MR) is 40.8 cm³/mol. The summed E-state index contributed by atoms with van der Waals surface area (Å²) in [5.74, 6) is 0.307. The second-order valence-corrected chi connectivity index (χ2v) is 2.80. The molecule has 0 N–H and O–H groups in total. The van der Waals surface area contributed by atoms with E-state index in [1.165, 1.54) is 7.11 Å². The van der Waals surface area contributed by atoms with Crippen LogP contribution in [-0.2, 0) is 6.42 Å². The van der Waals surface area contributed by atoms with Crippen LogP contribution >= 0.6 is 0 Å². The Balaban J connectivity index is 2.50. The molecule has 0 heterocycles. The topological polar surface area (TPSA) is 9.23 Å². The number of ether oxygens (including phenoxy) is 1. The number of fused-ring (bicyclic) bond motifs is 1. The Morgan fingerprint density at radius 3 is 2.75 bits per heavy atom. The van der Waals surface area contributed by atoms with Gasteiger partial charge in [0.05, 0.1) is 12.7 Å². The third kappa shape index (κ3) is 0.967. The lowest BCUT2D eigenvalue weighted by Crippen LogP contribution is -1.91. The molecule has 1 nitrogen and oxygen atoms in total. The molecule has 0 unspecified atom stereocenters. The molecular formula is C9H8F2O. The zero-order chi connectivity index (χ0) is 8.72. The molecule has 0 atom stereocenters. The first kappa shape index (κ1) is 7.53. The Morgan fingerprint density at radius 1 is 1.42 bits per heavy atom. The molecular weight excluding hydrogens is 162 g/mol. The summed E-state index contributed by atoms with van der Waals surface area (Å²) in [6, 6.07) is 3.44. The van der Waals surface area contributed by atoms with Crippen molar-refractivity contribution >= 4 is 0 Å². The van der Waals surface area contributed by atoms with Gasteiger partial charge in [-0.2, -0.15) is 0 Å². The molecule has 1 aliphatic rings. The quantitative estimate of drug-likeness (QED) is 0.672. The van der Waals surface area contributed by atoms with Crippen LogP contribution in [0.5, 0.6) is 5.75 Å². The number of hydrogen-bond donors (Lipinski definition) is 0. The van der Waals surface area contributed by atoms with E-state index < -0.39 is 6.43 Å². The highest BCUT2D eigenvalue weighted by atomic mass is 19.3. The Hall–Kier alpha value is -1.12. The maximum absolute atomic E-state index is 12.4. The van der Waals surface area contributed by atoms with Crippen molar-refractivity contribution in [2.45, 2.75) is 12.8 Å². The fourth-order valence-corrected chi connectivity index (χ4v) is 1.41. The minimum atomic E-state index is -2.42. The van der Waals surface area contributed by atoms with Gasteiger partial charge >= 0.3 is 0 Å². The molecule has 0 bridgehead atoms. The summed E-state index contributed by atoms with van der Waals surface area (Å²) >= 11 is 0. The summed E-state index contributed by atoms with van der Waals surface area (Å²) in [7, 11) is 1.41. The van der Waals surface area contributed by atoms with Gasteiger partial charge in [0, 0.05) is 0 Å². The first-order valence-corrected chi connectivity index (χ1v) is 3.71. The van der Waals surface area contributed by atoms with Crippen LogP contribution in [-0.4, -0.2) is 7.11 Å². The minimum Gasteiger partial charge on any atom is -0.496 e. The van der Waals surface area contributed by atoms with Crippen molar-refractivity contribution in [1.82, 2.24) is 0 Å². The monoisotopic (exact) mass is 170 g/mol. The lowest BCUT2D eigenvalue weighted by atomic mass is 10.2. The van der Waals surface area contributed by atoms with E-state index >= 15 is 0 Å². The third-order valence-corrected chi connectivity index (χ3v) is 2.09. The average Bonchev–Trinajstić information content (AvgIpc) is 2.79. The number of alkyl halides is 2. The zero-order valence-electron chi connectivity index (χ0n) is 6.60. The second-order valence-electron chi connectivity index (χ2n) is 2.80. The highest BCUT2D eigenvalue weighted by Crippen LogP contribution is 2.42. The van der Waals surface area contributed by atoms with Gasteiger partial charge in [-0.3, -0.25) is 0 Å². The van der Waals surface area contributed by atoms with Crippen molar-refractivity contribution in [3.05, 3.63) is 28.8 Å². The van der Waals surface area contributed by atoms with Crippen LogP contribution in [0.3, 0.4) is 0 Å². The van der Waals surface area contributed by atoms with Crippen molar-refractivity contribution in [3.8, 4) is 5.75 Å². The summed E-state index contributed by atoms with van der Waals surface area (Å²) in [4.78, 5) is 0. The van der Waals surface area contributed by atoms with Crippen LogP contribution in [0.25, 0.3) is 0 Å². The SMILES string of the molecule is COc1ccc2c(c1C(F)F)C2. The number of halogens is 2. The molecule has 2 rings (SSSR count). The summed E-state index contributed by atoms with van der Waals surface area (Å²) < 4.78 is 29.7. The van der Waals surface area contributed by atoms with E-state index in [0.717, 1.165) is 11.1 Å². The van der Waals surface area contributed by atoms with Gasteiger partial charge in [0.25, 0.3) is 6.43 Å². The van der Waals surface area contributed by atoms with Crippen LogP contribution < -0.4 is 4.74 Å². The summed E-state index contributed by atoms with van der Waals surface area (Å²) in [6.45, 7) is 0. The van der Waals surface area contributed by atoms with Crippen LogP contribution in [0.15, 0.2) is 12.1 Å². The van der Waals surface area contributed by atoms with E-state index in [4.69, 9.17) is 4.74 Å². The average molecular weight is 170 g/mol. The van der Waals surface area contributed by atoms with E-state index in [-0.39, 0.29) is 5.56 Å². The maximum Gasteiger partial charge on any atom is 0.267 e. The number of rotatable bonds is 2. The standard InChI is InChI=1S/C9H8F2O/c1-12-7-3-2-5-4-6(5)8(7)9(10)11/h2-3,9H,4H2,1H3. The molecule has 0 radical (unpaired) electrons. The summed E-state index contributed by atoms with van der Waals surface area (Å²) in [6.07, 6.45) is -1.72. The fourth-order valence-electron chi connectivity index (χ4n) is 1.41. The maximum atomic E-state index is 12.4.